The summed E-state index contributed by atoms with van der Waals surface area (Å²) in [5.74, 6) is 1.06. The van der Waals surface area contributed by atoms with Crippen molar-refractivity contribution < 1.29 is 39.1 Å². The second-order valence-electron chi connectivity index (χ2n) is 8.68. The molecular weight excluding hydrogens is 502 g/mol. The summed E-state index contributed by atoms with van der Waals surface area (Å²) < 4.78 is 48.2. The van der Waals surface area contributed by atoms with Gasteiger partial charge in [0.15, 0.2) is 0 Å². The molecule has 0 spiro atoms. The summed E-state index contributed by atoms with van der Waals surface area (Å²) in [7, 11) is 0. The van der Waals surface area contributed by atoms with Gasteiger partial charge in [0.2, 0.25) is 0 Å². The maximum absolute atomic E-state index is 13.4. The van der Waals surface area contributed by atoms with Gasteiger partial charge in [0.05, 0.1) is 0 Å². The molecule has 1 N–H and O–H groups in total. The van der Waals surface area contributed by atoms with Crippen LogP contribution in [0.4, 0.5) is 13.2 Å². The molecule has 1 aliphatic carbocycles. The number of fused-ring (bicyclic) bond motifs is 3. The van der Waals surface area contributed by atoms with Gasteiger partial charge < -0.3 is 0 Å². The molecule has 5 rings (SSSR count). The van der Waals surface area contributed by atoms with Gasteiger partial charge >= 0.3 is 186 Å². The van der Waals surface area contributed by atoms with Crippen LogP contribution in [0.5, 0.6) is 0 Å². The molecule has 0 amide bonds. The van der Waals surface area contributed by atoms with E-state index in [4.69, 9.17) is 4.74 Å². The summed E-state index contributed by atoms with van der Waals surface area (Å²) in [5, 5.41) is 3.52. The number of halogens is 4. The van der Waals surface area contributed by atoms with Crippen molar-refractivity contribution in [3.8, 4) is 0 Å². The Hall–Kier alpha value is -1.12. The van der Waals surface area contributed by atoms with Crippen molar-refractivity contribution in [2.24, 2.45) is 11.8 Å². The second kappa shape index (κ2) is 8.43. The van der Waals surface area contributed by atoms with Gasteiger partial charge in [0, 0.05) is 0 Å². The summed E-state index contributed by atoms with van der Waals surface area (Å²) in [5.41, 5.74) is 1.54. The van der Waals surface area contributed by atoms with Crippen LogP contribution in [0, 0.1) is 15.4 Å². The van der Waals surface area contributed by atoms with Gasteiger partial charge in [-0.25, -0.2) is 0 Å². The minimum absolute atomic E-state index is 0.0696. The molecule has 2 fully saturated rings. The molecule has 1 saturated carbocycles. The van der Waals surface area contributed by atoms with Crippen molar-refractivity contribution in [1.29, 1.82) is 0 Å². The topological polar surface area (TPSA) is 21.3 Å². The van der Waals surface area contributed by atoms with Crippen LogP contribution in [0.1, 0.15) is 52.4 Å². The van der Waals surface area contributed by atoms with Crippen LogP contribution in [0.15, 0.2) is 48.5 Å². The van der Waals surface area contributed by atoms with Crippen molar-refractivity contribution in [2.45, 2.75) is 48.0 Å². The quantitative estimate of drug-likeness (QED) is 0.476. The van der Waals surface area contributed by atoms with Crippen LogP contribution in [-0.2, 0) is 10.9 Å². The molecule has 0 unspecified atom stereocenters. The van der Waals surface area contributed by atoms with E-state index in [1.807, 2.05) is 6.07 Å². The summed E-state index contributed by atoms with van der Waals surface area (Å²) in [6, 6.07) is 14.8. The Balaban J connectivity index is 1.43. The Morgan fingerprint density at radius 3 is 2.50 bits per heavy atom. The van der Waals surface area contributed by atoms with Gasteiger partial charge in [-0.2, -0.15) is 0 Å². The van der Waals surface area contributed by atoms with Gasteiger partial charge in [-0.1, -0.05) is 0 Å². The van der Waals surface area contributed by atoms with Crippen LogP contribution in [0.3, 0.4) is 0 Å². The molecule has 162 valence electrons. The average Bonchev–Trinajstić information content (AvgIpc) is 3.57. The standard InChI is InChI=1S/C24H26F3INO/c25-24(26,27)17-8-11-21-20(12-17)23-19(22(28-21)16-4-2-1-3-5-16)10-9-18(30-23)14-29-13-15-6-7-15/h1-5,8,11-12,15,18-19,22-23,29H,6-7,9-10,13-14H2/q-1/t18-,19+,22+,23+/m1/s1. The molecule has 2 aromatic rings. The predicted molar refractivity (Wildman–Crippen MR) is 105 cm³/mol. The van der Waals surface area contributed by atoms with E-state index in [0.29, 0.717) is 3.92 Å². The molecule has 1 saturated heterocycles. The SMILES string of the molecule is FC(F)(F)c1ccc2c(c1)[C@H]1O[C@@H](CNCC3CC3)CC[C@H]1[C@H](c1ccccc1)[I-]2. The van der Waals surface area contributed by atoms with Crippen molar-refractivity contribution in [2.75, 3.05) is 13.1 Å². The van der Waals surface area contributed by atoms with E-state index in [1.54, 1.807) is 6.07 Å². The third-order valence-electron chi connectivity index (χ3n) is 6.41. The molecule has 3 aliphatic rings. The Kier molecular flexibility index (Phi) is 5.84. The molecule has 2 nitrogen and oxygen atoms in total. The third-order valence-corrected chi connectivity index (χ3v) is 10.4. The first-order chi connectivity index (χ1) is 14.5. The normalized spacial score (nSPS) is 28.9. The van der Waals surface area contributed by atoms with Gasteiger partial charge in [-0.05, 0) is 0 Å². The third kappa shape index (κ3) is 4.41. The summed E-state index contributed by atoms with van der Waals surface area (Å²) >= 11 is -0.435. The van der Waals surface area contributed by atoms with E-state index in [9.17, 15) is 13.2 Å². The van der Waals surface area contributed by atoms with E-state index >= 15 is 0 Å². The fourth-order valence-electron chi connectivity index (χ4n) is 4.62. The molecule has 2 aliphatic heterocycles. The van der Waals surface area contributed by atoms with Crippen LogP contribution in [0.2, 0.25) is 0 Å². The number of nitrogens with one attached hydrogen (secondary N) is 1. The molecule has 0 aromatic heterocycles. The molecular formula is C24H26F3INO-. The predicted octanol–water partition coefficient (Wildman–Crippen LogP) is 2.55. The van der Waals surface area contributed by atoms with Crippen molar-refractivity contribution in [1.82, 2.24) is 5.32 Å². The summed E-state index contributed by atoms with van der Waals surface area (Å²) in [6.45, 7) is 1.82. The molecule has 30 heavy (non-hydrogen) atoms. The van der Waals surface area contributed by atoms with Crippen LogP contribution in [-0.4, -0.2) is 19.2 Å². The number of hydrogen-bond acceptors (Lipinski definition) is 2. The maximum atomic E-state index is 13.4. The summed E-state index contributed by atoms with van der Waals surface area (Å²) in [4.78, 5) is 0. The Morgan fingerprint density at radius 1 is 0.967 bits per heavy atom. The number of ether oxygens (including phenoxy) is 1. The molecule has 0 bridgehead atoms. The zero-order valence-corrected chi connectivity index (χ0v) is 18.8. The van der Waals surface area contributed by atoms with E-state index in [-0.39, 0.29) is 18.1 Å². The average molecular weight is 528 g/mol. The monoisotopic (exact) mass is 528 g/mol. The van der Waals surface area contributed by atoms with Gasteiger partial charge in [0.25, 0.3) is 0 Å². The minimum atomic E-state index is -4.32. The number of rotatable bonds is 5. The zero-order valence-electron chi connectivity index (χ0n) is 16.7. The van der Waals surface area contributed by atoms with Gasteiger partial charge in [0.1, 0.15) is 0 Å². The van der Waals surface area contributed by atoms with Crippen molar-refractivity contribution in [3.63, 3.8) is 0 Å². The second-order valence-corrected chi connectivity index (χ2v) is 11.8. The Bertz CT molecular complexity index is 884. The van der Waals surface area contributed by atoms with Crippen LogP contribution in [0.25, 0.3) is 0 Å². The Morgan fingerprint density at radius 2 is 1.77 bits per heavy atom. The molecule has 0 radical (unpaired) electrons. The first kappa shape index (κ1) is 20.8. The van der Waals surface area contributed by atoms with Crippen molar-refractivity contribution in [3.05, 3.63) is 68.8 Å². The number of benzene rings is 2. The fraction of sp³-hybridized carbons (Fsp3) is 0.500. The number of alkyl halides is 4. The first-order valence-corrected chi connectivity index (χ1v) is 13.1. The van der Waals surface area contributed by atoms with E-state index in [0.717, 1.165) is 41.0 Å². The summed E-state index contributed by atoms with van der Waals surface area (Å²) in [6.07, 6.45) is 0.0927. The van der Waals surface area contributed by atoms with Crippen LogP contribution >= 0.6 is 0 Å². The first-order valence-electron chi connectivity index (χ1n) is 10.7. The molecule has 6 heteroatoms. The molecule has 2 aromatic carbocycles. The van der Waals surface area contributed by atoms with E-state index < -0.39 is 32.9 Å². The fourth-order valence-corrected chi connectivity index (χ4v) is 8.53. The van der Waals surface area contributed by atoms with Crippen molar-refractivity contribution >= 4 is 0 Å². The van der Waals surface area contributed by atoms with Crippen LogP contribution < -0.4 is 26.5 Å². The zero-order chi connectivity index (χ0) is 20.7. The van der Waals surface area contributed by atoms with Gasteiger partial charge in [-0.3, -0.25) is 0 Å². The molecule has 2 heterocycles. The molecule has 4 atom stereocenters. The van der Waals surface area contributed by atoms with Gasteiger partial charge in [-0.15, -0.1) is 0 Å². The number of hydrogen-bond donors (Lipinski definition) is 1. The van der Waals surface area contributed by atoms with E-state index in [1.165, 1.54) is 30.5 Å². The Labute approximate surface area is 185 Å². The van der Waals surface area contributed by atoms with E-state index in [2.05, 4.69) is 29.6 Å².